The van der Waals surface area contributed by atoms with Gasteiger partial charge in [-0.25, -0.2) is 4.79 Å². The van der Waals surface area contributed by atoms with Crippen molar-refractivity contribution in [2.75, 3.05) is 25.0 Å². The smallest absolute Gasteiger partial charge is 0.322 e. The van der Waals surface area contributed by atoms with Gasteiger partial charge in [-0.15, -0.1) is 0 Å². The van der Waals surface area contributed by atoms with Gasteiger partial charge in [0.25, 0.3) is 0 Å². The average molecular weight is 459 g/mol. The SMILES string of the molecule is CCCN(CC(=O)N1CCn2cccc2[C@@H]1c1ccc(C)cc1)C(=O)Nc1ccc(CC)cc1. The lowest BCUT2D eigenvalue weighted by Crippen LogP contribution is -2.48. The van der Waals surface area contributed by atoms with Crippen molar-refractivity contribution in [3.05, 3.63) is 89.2 Å². The number of anilines is 1. The third-order valence-corrected chi connectivity index (χ3v) is 6.47. The van der Waals surface area contributed by atoms with Gasteiger partial charge in [0, 0.05) is 37.2 Å². The van der Waals surface area contributed by atoms with Crippen molar-refractivity contribution >= 4 is 17.6 Å². The Bertz CT molecular complexity index is 1120. The van der Waals surface area contributed by atoms with Gasteiger partial charge < -0.3 is 19.7 Å². The van der Waals surface area contributed by atoms with Gasteiger partial charge in [-0.1, -0.05) is 55.8 Å². The van der Waals surface area contributed by atoms with E-state index in [9.17, 15) is 9.59 Å². The van der Waals surface area contributed by atoms with Crippen LogP contribution in [0.15, 0.2) is 66.9 Å². The Balaban J connectivity index is 1.52. The van der Waals surface area contributed by atoms with Gasteiger partial charge in [0.05, 0.1) is 6.04 Å². The molecule has 0 bridgehead atoms. The molecule has 1 aliphatic rings. The van der Waals surface area contributed by atoms with Crippen LogP contribution in [-0.2, 0) is 17.8 Å². The highest BCUT2D eigenvalue weighted by Gasteiger charge is 2.33. The maximum Gasteiger partial charge on any atom is 0.322 e. The van der Waals surface area contributed by atoms with Crippen molar-refractivity contribution in [2.24, 2.45) is 0 Å². The third-order valence-electron chi connectivity index (χ3n) is 6.47. The first-order valence-corrected chi connectivity index (χ1v) is 12.2. The Morgan fingerprint density at radius 2 is 1.74 bits per heavy atom. The van der Waals surface area contributed by atoms with Gasteiger partial charge in [-0.2, -0.15) is 0 Å². The van der Waals surface area contributed by atoms with Crippen LogP contribution in [0.4, 0.5) is 10.5 Å². The molecule has 0 saturated heterocycles. The van der Waals surface area contributed by atoms with Crippen LogP contribution in [0.3, 0.4) is 0 Å². The maximum atomic E-state index is 13.6. The standard InChI is InChI=1S/C28H34N4O2/c1-4-16-31(28(34)29-24-14-10-22(5-2)11-15-24)20-26(33)32-19-18-30-17-6-7-25(30)27(32)23-12-8-21(3)9-13-23/h6-15,17,27H,4-5,16,18-20H2,1-3H3,(H,29,34)/t27-/m0/s1. The van der Waals surface area contributed by atoms with E-state index in [0.29, 0.717) is 13.1 Å². The summed E-state index contributed by atoms with van der Waals surface area (Å²) >= 11 is 0. The first-order chi connectivity index (χ1) is 16.5. The molecule has 0 radical (unpaired) electrons. The number of nitrogens with one attached hydrogen (secondary N) is 1. The Morgan fingerprint density at radius 3 is 2.41 bits per heavy atom. The van der Waals surface area contributed by atoms with Crippen molar-refractivity contribution < 1.29 is 9.59 Å². The number of carbonyl (C=O) groups is 2. The second kappa shape index (κ2) is 10.6. The number of hydrogen-bond acceptors (Lipinski definition) is 2. The van der Waals surface area contributed by atoms with Crippen molar-refractivity contribution in [3.8, 4) is 0 Å². The molecular weight excluding hydrogens is 424 g/mol. The zero-order valence-electron chi connectivity index (χ0n) is 20.3. The molecule has 3 aromatic rings. The molecule has 3 amide bonds. The van der Waals surface area contributed by atoms with E-state index in [-0.39, 0.29) is 24.5 Å². The molecule has 0 spiro atoms. The average Bonchev–Trinajstić information content (AvgIpc) is 3.33. The fraction of sp³-hybridized carbons (Fsp3) is 0.357. The minimum absolute atomic E-state index is 0.0389. The largest absolute Gasteiger partial charge is 0.348 e. The molecule has 0 unspecified atom stereocenters. The predicted octanol–water partition coefficient (Wildman–Crippen LogP) is 5.23. The molecule has 1 N–H and O–H groups in total. The Morgan fingerprint density at radius 1 is 1.00 bits per heavy atom. The molecule has 0 fully saturated rings. The quantitative estimate of drug-likeness (QED) is 0.527. The summed E-state index contributed by atoms with van der Waals surface area (Å²) < 4.78 is 2.21. The third kappa shape index (κ3) is 5.16. The lowest BCUT2D eigenvalue weighted by Gasteiger charge is -2.38. The molecule has 0 saturated carbocycles. The Labute approximate surface area is 202 Å². The maximum absolute atomic E-state index is 13.6. The fourth-order valence-electron chi connectivity index (χ4n) is 4.55. The molecule has 2 aromatic carbocycles. The summed E-state index contributed by atoms with van der Waals surface area (Å²) in [4.78, 5) is 30.2. The molecule has 2 heterocycles. The van der Waals surface area contributed by atoms with Crippen LogP contribution >= 0.6 is 0 Å². The number of fused-ring (bicyclic) bond motifs is 1. The molecule has 178 valence electrons. The van der Waals surface area contributed by atoms with Crippen LogP contribution in [0, 0.1) is 6.92 Å². The van der Waals surface area contributed by atoms with E-state index in [0.717, 1.165) is 36.3 Å². The van der Waals surface area contributed by atoms with Crippen LogP contribution in [0.1, 0.15) is 48.7 Å². The summed E-state index contributed by atoms with van der Waals surface area (Å²) in [7, 11) is 0. The molecule has 6 nitrogen and oxygen atoms in total. The van der Waals surface area contributed by atoms with Crippen LogP contribution < -0.4 is 5.32 Å². The molecule has 34 heavy (non-hydrogen) atoms. The molecule has 6 heteroatoms. The normalized spacial score (nSPS) is 15.0. The number of carbonyl (C=O) groups excluding carboxylic acids is 2. The van der Waals surface area contributed by atoms with E-state index in [4.69, 9.17) is 0 Å². The van der Waals surface area contributed by atoms with E-state index in [2.05, 4.69) is 60.3 Å². The highest BCUT2D eigenvalue weighted by molar-refractivity contribution is 5.92. The molecule has 0 aliphatic carbocycles. The number of urea groups is 1. The van der Waals surface area contributed by atoms with Gasteiger partial charge in [0.1, 0.15) is 6.54 Å². The Hall–Kier alpha value is -3.54. The number of nitrogens with zero attached hydrogens (tertiary/aromatic N) is 3. The number of benzene rings is 2. The summed E-state index contributed by atoms with van der Waals surface area (Å²) in [6.07, 6.45) is 3.80. The van der Waals surface area contributed by atoms with Crippen LogP contribution in [0.25, 0.3) is 0 Å². The second-order valence-corrected chi connectivity index (χ2v) is 8.93. The Kier molecular flexibility index (Phi) is 7.36. The minimum Gasteiger partial charge on any atom is -0.348 e. The van der Waals surface area contributed by atoms with E-state index >= 15 is 0 Å². The first kappa shape index (κ1) is 23.6. The van der Waals surface area contributed by atoms with E-state index in [1.165, 1.54) is 11.1 Å². The fourth-order valence-corrected chi connectivity index (χ4v) is 4.55. The monoisotopic (exact) mass is 458 g/mol. The van der Waals surface area contributed by atoms with E-state index < -0.39 is 0 Å². The molecule has 1 atom stereocenters. The van der Waals surface area contributed by atoms with Gasteiger partial charge in [-0.3, -0.25) is 4.79 Å². The van der Waals surface area contributed by atoms with Crippen LogP contribution in [0.2, 0.25) is 0 Å². The zero-order valence-corrected chi connectivity index (χ0v) is 20.3. The summed E-state index contributed by atoms with van der Waals surface area (Å²) in [5, 5.41) is 2.96. The van der Waals surface area contributed by atoms with E-state index in [1.54, 1.807) is 4.90 Å². The molecule has 4 rings (SSSR count). The van der Waals surface area contributed by atoms with Gasteiger partial charge in [0.15, 0.2) is 0 Å². The predicted molar refractivity (Wildman–Crippen MR) is 136 cm³/mol. The molecular formula is C28H34N4O2. The lowest BCUT2D eigenvalue weighted by atomic mass is 9.98. The summed E-state index contributed by atoms with van der Waals surface area (Å²) in [6.45, 7) is 8.11. The second-order valence-electron chi connectivity index (χ2n) is 8.93. The number of aryl methyl sites for hydroxylation is 2. The van der Waals surface area contributed by atoms with Crippen molar-refractivity contribution in [3.63, 3.8) is 0 Å². The highest BCUT2D eigenvalue weighted by Crippen LogP contribution is 2.32. The number of aromatic nitrogens is 1. The lowest BCUT2D eigenvalue weighted by molar-refractivity contribution is -0.134. The summed E-state index contributed by atoms with van der Waals surface area (Å²) in [5.74, 6) is -0.0389. The van der Waals surface area contributed by atoms with Gasteiger partial charge >= 0.3 is 6.03 Å². The van der Waals surface area contributed by atoms with Crippen LogP contribution in [-0.4, -0.2) is 45.9 Å². The first-order valence-electron chi connectivity index (χ1n) is 12.2. The molecule has 1 aliphatic heterocycles. The zero-order chi connectivity index (χ0) is 24.1. The highest BCUT2D eigenvalue weighted by atomic mass is 16.2. The van der Waals surface area contributed by atoms with Crippen molar-refractivity contribution in [2.45, 2.75) is 46.2 Å². The van der Waals surface area contributed by atoms with Crippen molar-refractivity contribution in [1.82, 2.24) is 14.4 Å². The summed E-state index contributed by atoms with van der Waals surface area (Å²) in [5.41, 5.74) is 5.33. The van der Waals surface area contributed by atoms with Crippen LogP contribution in [0.5, 0.6) is 0 Å². The number of amides is 3. The topological polar surface area (TPSA) is 57.6 Å². The summed E-state index contributed by atoms with van der Waals surface area (Å²) in [6, 6.07) is 19.9. The number of rotatable bonds is 7. The van der Waals surface area contributed by atoms with Crippen molar-refractivity contribution in [1.29, 1.82) is 0 Å². The van der Waals surface area contributed by atoms with E-state index in [1.807, 2.05) is 42.2 Å². The minimum atomic E-state index is -0.244. The number of hydrogen-bond donors (Lipinski definition) is 1. The van der Waals surface area contributed by atoms with Gasteiger partial charge in [-0.05, 0) is 55.2 Å². The van der Waals surface area contributed by atoms with Gasteiger partial charge in [0.2, 0.25) is 5.91 Å². The molecule has 1 aromatic heterocycles.